The minimum atomic E-state index is -0.215. The SMILES string of the molecule is Cc1cccc(C2CC(c3ccccc3F)NC(N)=N2)c1. The third-order valence-electron chi connectivity index (χ3n) is 3.78. The van der Waals surface area contributed by atoms with Crippen LogP contribution in [0.3, 0.4) is 0 Å². The van der Waals surface area contributed by atoms with E-state index in [4.69, 9.17) is 5.73 Å². The Kier molecular flexibility index (Phi) is 3.60. The van der Waals surface area contributed by atoms with Gasteiger partial charge in [0.05, 0.1) is 12.1 Å². The standard InChI is InChI=1S/C17H18FN3/c1-11-5-4-6-12(9-11)15-10-16(21-17(19)20-15)13-7-2-3-8-14(13)18/h2-9,15-16H,10H2,1H3,(H3,19,20,21). The Morgan fingerprint density at radius 3 is 2.76 bits per heavy atom. The Hall–Kier alpha value is -2.36. The molecule has 1 aliphatic rings. The quantitative estimate of drug-likeness (QED) is 0.889. The maximum Gasteiger partial charge on any atom is 0.189 e. The molecule has 0 fully saturated rings. The summed E-state index contributed by atoms with van der Waals surface area (Å²) in [5, 5.41) is 3.08. The molecule has 2 atom stereocenters. The van der Waals surface area contributed by atoms with Gasteiger partial charge in [0.1, 0.15) is 5.82 Å². The summed E-state index contributed by atoms with van der Waals surface area (Å²) in [6, 6.07) is 14.8. The van der Waals surface area contributed by atoms with Crippen LogP contribution in [0.2, 0.25) is 0 Å². The molecular formula is C17H18FN3. The summed E-state index contributed by atoms with van der Waals surface area (Å²) in [7, 11) is 0. The summed E-state index contributed by atoms with van der Waals surface area (Å²) >= 11 is 0. The maximum absolute atomic E-state index is 14.0. The van der Waals surface area contributed by atoms with E-state index in [-0.39, 0.29) is 17.9 Å². The van der Waals surface area contributed by atoms with Gasteiger partial charge in [-0.1, -0.05) is 48.0 Å². The Balaban J connectivity index is 1.92. The molecule has 0 saturated heterocycles. The van der Waals surface area contributed by atoms with Crippen molar-refractivity contribution in [3.05, 3.63) is 71.0 Å². The number of nitrogens with two attached hydrogens (primary N) is 1. The van der Waals surface area contributed by atoms with Gasteiger partial charge in [-0.2, -0.15) is 0 Å². The van der Waals surface area contributed by atoms with Crippen LogP contribution in [0.5, 0.6) is 0 Å². The Morgan fingerprint density at radius 2 is 2.00 bits per heavy atom. The van der Waals surface area contributed by atoms with Gasteiger partial charge in [-0.05, 0) is 25.0 Å². The largest absolute Gasteiger partial charge is 0.370 e. The molecule has 0 aliphatic carbocycles. The number of aryl methyl sites for hydroxylation is 1. The Labute approximate surface area is 123 Å². The molecule has 0 aromatic heterocycles. The van der Waals surface area contributed by atoms with Crippen molar-refractivity contribution >= 4 is 5.96 Å². The van der Waals surface area contributed by atoms with Crippen LogP contribution in [0, 0.1) is 12.7 Å². The molecule has 0 spiro atoms. The highest BCUT2D eigenvalue weighted by Crippen LogP contribution is 2.33. The summed E-state index contributed by atoms with van der Waals surface area (Å²) in [6.07, 6.45) is 0.686. The lowest BCUT2D eigenvalue weighted by Gasteiger charge is -2.29. The first-order valence-corrected chi connectivity index (χ1v) is 7.04. The molecule has 2 aromatic rings. The highest BCUT2D eigenvalue weighted by Gasteiger charge is 2.26. The summed E-state index contributed by atoms with van der Waals surface area (Å²) in [6.45, 7) is 2.05. The van der Waals surface area contributed by atoms with E-state index in [0.717, 1.165) is 5.56 Å². The Bertz CT molecular complexity index is 681. The highest BCUT2D eigenvalue weighted by atomic mass is 19.1. The van der Waals surface area contributed by atoms with Gasteiger partial charge in [0.15, 0.2) is 5.96 Å². The normalized spacial score (nSPS) is 21.5. The van der Waals surface area contributed by atoms with Gasteiger partial charge in [-0.3, -0.25) is 0 Å². The predicted molar refractivity (Wildman–Crippen MR) is 82.4 cm³/mol. The van der Waals surface area contributed by atoms with Crippen molar-refractivity contribution in [2.45, 2.75) is 25.4 Å². The fourth-order valence-corrected chi connectivity index (χ4v) is 2.77. The zero-order chi connectivity index (χ0) is 14.8. The number of halogens is 1. The van der Waals surface area contributed by atoms with Crippen LogP contribution in [-0.2, 0) is 0 Å². The molecule has 4 heteroatoms. The van der Waals surface area contributed by atoms with Gasteiger partial charge in [-0.25, -0.2) is 9.38 Å². The van der Waals surface area contributed by atoms with Gasteiger partial charge >= 0.3 is 0 Å². The summed E-state index contributed by atoms with van der Waals surface area (Å²) < 4.78 is 14.0. The first-order valence-electron chi connectivity index (χ1n) is 7.04. The van der Waals surface area contributed by atoms with Crippen molar-refractivity contribution in [2.75, 3.05) is 0 Å². The molecule has 0 bridgehead atoms. The third kappa shape index (κ3) is 2.89. The molecule has 3 rings (SSSR count). The molecule has 3 N–H and O–H groups in total. The van der Waals surface area contributed by atoms with Crippen LogP contribution in [-0.4, -0.2) is 5.96 Å². The number of nitrogens with zero attached hydrogens (tertiary/aromatic N) is 1. The van der Waals surface area contributed by atoms with E-state index in [1.807, 2.05) is 31.2 Å². The summed E-state index contributed by atoms with van der Waals surface area (Å²) in [4.78, 5) is 4.46. The molecule has 0 saturated carbocycles. The lowest BCUT2D eigenvalue weighted by atomic mass is 9.93. The monoisotopic (exact) mass is 283 g/mol. The molecule has 108 valence electrons. The summed E-state index contributed by atoms with van der Waals surface area (Å²) in [5.74, 6) is 0.147. The number of aliphatic imine (C=N–C) groups is 1. The van der Waals surface area contributed by atoms with Gasteiger partial charge < -0.3 is 11.1 Å². The zero-order valence-corrected chi connectivity index (χ0v) is 11.9. The number of guanidine groups is 1. The lowest BCUT2D eigenvalue weighted by molar-refractivity contribution is 0.466. The van der Waals surface area contributed by atoms with Crippen molar-refractivity contribution in [3.63, 3.8) is 0 Å². The predicted octanol–water partition coefficient (Wildman–Crippen LogP) is 3.22. The average molecular weight is 283 g/mol. The molecular weight excluding hydrogens is 265 g/mol. The minimum absolute atomic E-state index is 0.0456. The Morgan fingerprint density at radius 1 is 1.19 bits per heavy atom. The van der Waals surface area contributed by atoms with Crippen LogP contribution in [0.1, 0.15) is 35.2 Å². The van der Waals surface area contributed by atoms with E-state index in [0.29, 0.717) is 17.9 Å². The molecule has 0 radical (unpaired) electrons. The summed E-state index contributed by atoms with van der Waals surface area (Å²) in [5.41, 5.74) is 8.82. The number of hydrogen-bond acceptors (Lipinski definition) is 3. The van der Waals surface area contributed by atoms with Gasteiger partial charge in [-0.15, -0.1) is 0 Å². The van der Waals surface area contributed by atoms with Gasteiger partial charge in [0.25, 0.3) is 0 Å². The number of rotatable bonds is 2. The molecule has 2 unspecified atom stereocenters. The van der Waals surface area contributed by atoms with Crippen LogP contribution >= 0.6 is 0 Å². The van der Waals surface area contributed by atoms with E-state index in [9.17, 15) is 4.39 Å². The van der Waals surface area contributed by atoms with E-state index < -0.39 is 0 Å². The van der Waals surface area contributed by atoms with Crippen molar-refractivity contribution in [1.82, 2.24) is 5.32 Å². The molecule has 2 aromatic carbocycles. The fraction of sp³-hybridized carbons (Fsp3) is 0.235. The van der Waals surface area contributed by atoms with E-state index in [2.05, 4.69) is 16.4 Å². The van der Waals surface area contributed by atoms with Crippen LogP contribution < -0.4 is 11.1 Å². The topological polar surface area (TPSA) is 50.4 Å². The number of nitrogens with one attached hydrogen (secondary N) is 1. The molecule has 1 heterocycles. The van der Waals surface area contributed by atoms with Crippen LogP contribution in [0.15, 0.2) is 53.5 Å². The van der Waals surface area contributed by atoms with Gasteiger partial charge in [0.2, 0.25) is 0 Å². The van der Waals surface area contributed by atoms with Crippen molar-refractivity contribution in [3.8, 4) is 0 Å². The molecule has 0 amide bonds. The lowest BCUT2D eigenvalue weighted by Crippen LogP contribution is -2.39. The maximum atomic E-state index is 14.0. The van der Waals surface area contributed by atoms with Gasteiger partial charge in [0, 0.05) is 5.56 Å². The zero-order valence-electron chi connectivity index (χ0n) is 11.9. The second-order valence-electron chi connectivity index (χ2n) is 5.40. The third-order valence-corrected chi connectivity index (χ3v) is 3.78. The highest BCUT2D eigenvalue weighted by molar-refractivity contribution is 5.79. The van der Waals surface area contributed by atoms with Crippen molar-refractivity contribution in [1.29, 1.82) is 0 Å². The van der Waals surface area contributed by atoms with Crippen molar-refractivity contribution in [2.24, 2.45) is 10.7 Å². The first kappa shape index (κ1) is 13.6. The van der Waals surface area contributed by atoms with E-state index in [1.165, 1.54) is 11.6 Å². The number of hydrogen-bond donors (Lipinski definition) is 2. The minimum Gasteiger partial charge on any atom is -0.370 e. The average Bonchev–Trinajstić information content (AvgIpc) is 2.47. The van der Waals surface area contributed by atoms with E-state index >= 15 is 0 Å². The second kappa shape index (κ2) is 5.56. The second-order valence-corrected chi connectivity index (χ2v) is 5.40. The van der Waals surface area contributed by atoms with Crippen molar-refractivity contribution < 1.29 is 4.39 Å². The smallest absolute Gasteiger partial charge is 0.189 e. The molecule has 21 heavy (non-hydrogen) atoms. The molecule has 3 nitrogen and oxygen atoms in total. The van der Waals surface area contributed by atoms with Crippen LogP contribution in [0.4, 0.5) is 4.39 Å². The molecule has 1 aliphatic heterocycles. The number of benzene rings is 2. The fourth-order valence-electron chi connectivity index (χ4n) is 2.77. The van der Waals surface area contributed by atoms with Crippen LogP contribution in [0.25, 0.3) is 0 Å². The van der Waals surface area contributed by atoms with E-state index in [1.54, 1.807) is 12.1 Å². The first-order chi connectivity index (χ1) is 10.1.